The Balaban J connectivity index is 2.27. The Kier molecular flexibility index (Phi) is 3.55. The van der Waals surface area contributed by atoms with Crippen LogP contribution in [0.5, 0.6) is 0 Å². The Morgan fingerprint density at radius 3 is 2.22 bits per heavy atom. The summed E-state index contributed by atoms with van der Waals surface area (Å²) < 4.78 is 1.68. The first-order chi connectivity index (χ1) is 10.8. The lowest BCUT2D eigenvalue weighted by atomic mass is 9.84. The lowest BCUT2D eigenvalue weighted by Gasteiger charge is -2.16. The van der Waals surface area contributed by atoms with Crippen LogP contribution in [0.1, 0.15) is 68.3 Å². The smallest absolute Gasteiger partial charge is 0.210 e. The number of rotatable bonds is 3. The van der Waals surface area contributed by atoms with E-state index in [2.05, 4.69) is 0 Å². The molecule has 0 saturated heterocycles. The Morgan fingerprint density at radius 2 is 1.65 bits per heavy atom. The molecule has 0 spiro atoms. The van der Waals surface area contributed by atoms with Gasteiger partial charge in [0.2, 0.25) is 5.78 Å². The summed E-state index contributed by atoms with van der Waals surface area (Å²) >= 11 is 0. The fourth-order valence-corrected chi connectivity index (χ4v) is 3.24. The molecule has 3 rings (SSSR count). The topological polar surface area (TPSA) is 56.1 Å². The molecule has 2 aromatic rings. The molecule has 1 aliphatic carbocycles. The predicted octanol–water partition coefficient (Wildman–Crippen LogP) is 3.34. The first-order valence-corrected chi connectivity index (χ1v) is 7.75. The second-order valence-electron chi connectivity index (χ2n) is 6.47. The van der Waals surface area contributed by atoms with Crippen molar-refractivity contribution in [2.45, 2.75) is 27.2 Å². The molecule has 0 aliphatic heterocycles. The van der Waals surface area contributed by atoms with Gasteiger partial charge in [0.05, 0.1) is 11.1 Å². The molecule has 0 fully saturated rings. The van der Waals surface area contributed by atoms with Gasteiger partial charge >= 0.3 is 0 Å². The van der Waals surface area contributed by atoms with Crippen molar-refractivity contribution < 1.29 is 14.4 Å². The summed E-state index contributed by atoms with van der Waals surface area (Å²) in [5.74, 6) is -0.301. The van der Waals surface area contributed by atoms with Crippen molar-refractivity contribution in [2.24, 2.45) is 13.0 Å². The van der Waals surface area contributed by atoms with Crippen LogP contribution in [0.25, 0.3) is 0 Å². The van der Waals surface area contributed by atoms with E-state index in [-0.39, 0.29) is 28.8 Å². The molecule has 0 atom stereocenters. The molecule has 0 saturated carbocycles. The van der Waals surface area contributed by atoms with E-state index in [4.69, 9.17) is 0 Å². The van der Waals surface area contributed by atoms with E-state index in [1.807, 2.05) is 13.8 Å². The lowest BCUT2D eigenvalue weighted by Crippen LogP contribution is -2.23. The number of nitrogens with zero attached hydrogens (tertiary/aromatic N) is 1. The Hall–Kier alpha value is -2.49. The lowest BCUT2D eigenvalue weighted by molar-refractivity contribution is 0.0949. The number of aromatic nitrogens is 1. The van der Waals surface area contributed by atoms with Crippen molar-refractivity contribution in [2.75, 3.05) is 0 Å². The second kappa shape index (κ2) is 5.30. The van der Waals surface area contributed by atoms with Crippen molar-refractivity contribution >= 4 is 17.3 Å². The molecular formula is C19H19NO3. The highest BCUT2D eigenvalue weighted by Gasteiger charge is 2.37. The molecule has 1 aromatic carbocycles. The normalized spacial score (nSPS) is 13.3. The molecule has 118 valence electrons. The van der Waals surface area contributed by atoms with Crippen LogP contribution in [0.2, 0.25) is 0 Å². The minimum Gasteiger partial charge on any atom is -0.344 e. The molecule has 0 bridgehead atoms. The van der Waals surface area contributed by atoms with E-state index < -0.39 is 0 Å². The number of hydrogen-bond donors (Lipinski definition) is 0. The van der Waals surface area contributed by atoms with Crippen LogP contribution in [0.4, 0.5) is 0 Å². The van der Waals surface area contributed by atoms with Gasteiger partial charge in [-0.1, -0.05) is 38.1 Å². The zero-order valence-corrected chi connectivity index (χ0v) is 13.8. The molecule has 4 nitrogen and oxygen atoms in total. The highest BCUT2D eigenvalue weighted by molar-refractivity contribution is 6.30. The number of benzene rings is 1. The summed E-state index contributed by atoms with van der Waals surface area (Å²) in [6, 6.07) is 6.80. The summed E-state index contributed by atoms with van der Waals surface area (Å²) in [7, 11) is 1.74. The first kappa shape index (κ1) is 15.4. The number of Topliss-reactive ketones (excluding diaryl/α,β-unsaturated/α-hetero) is 1. The van der Waals surface area contributed by atoms with E-state index in [0.717, 1.165) is 0 Å². The van der Waals surface area contributed by atoms with Crippen molar-refractivity contribution in [3.05, 3.63) is 57.9 Å². The highest BCUT2D eigenvalue weighted by atomic mass is 16.1. The van der Waals surface area contributed by atoms with Crippen molar-refractivity contribution in [1.29, 1.82) is 0 Å². The minimum atomic E-state index is -0.231. The van der Waals surface area contributed by atoms with Gasteiger partial charge in [0.1, 0.15) is 5.69 Å². The average Bonchev–Trinajstić information content (AvgIpc) is 2.77. The molecule has 0 radical (unpaired) electrons. The summed E-state index contributed by atoms with van der Waals surface area (Å²) in [5.41, 5.74) is 2.49. The molecule has 0 unspecified atom stereocenters. The van der Waals surface area contributed by atoms with E-state index in [9.17, 15) is 14.4 Å². The molecule has 23 heavy (non-hydrogen) atoms. The number of ketones is 3. The summed E-state index contributed by atoms with van der Waals surface area (Å²) in [4.78, 5) is 38.4. The third-order valence-corrected chi connectivity index (χ3v) is 4.42. The van der Waals surface area contributed by atoms with Gasteiger partial charge < -0.3 is 4.57 Å². The number of carbonyl (C=O) groups excluding carboxylic acids is 3. The SMILES string of the molecule is Cc1c(C(=O)CC(C)C)c2c(n1C)C(=O)c1ccccc1C2=O. The number of hydrogen-bond acceptors (Lipinski definition) is 3. The predicted molar refractivity (Wildman–Crippen MR) is 87.2 cm³/mol. The van der Waals surface area contributed by atoms with Crippen LogP contribution >= 0.6 is 0 Å². The summed E-state index contributed by atoms with van der Waals surface area (Å²) in [6.07, 6.45) is 0.362. The van der Waals surface area contributed by atoms with Crippen molar-refractivity contribution in [3.8, 4) is 0 Å². The molecule has 0 amide bonds. The van der Waals surface area contributed by atoms with Gasteiger partial charge in [-0.15, -0.1) is 0 Å². The standard InChI is InChI=1S/C19H19NO3/c1-10(2)9-14(21)15-11(3)20(4)17-16(15)18(22)12-7-5-6-8-13(12)19(17)23/h5-8,10H,9H2,1-4H3. The third kappa shape index (κ3) is 2.17. The maximum absolute atomic E-state index is 12.9. The van der Waals surface area contributed by atoms with Crippen LogP contribution < -0.4 is 0 Å². The second-order valence-corrected chi connectivity index (χ2v) is 6.47. The van der Waals surface area contributed by atoms with Crippen molar-refractivity contribution in [1.82, 2.24) is 4.57 Å². The monoisotopic (exact) mass is 309 g/mol. The van der Waals surface area contributed by atoms with Gasteiger partial charge in [0, 0.05) is 30.3 Å². The Morgan fingerprint density at radius 1 is 1.09 bits per heavy atom. The van der Waals surface area contributed by atoms with Gasteiger partial charge in [-0.3, -0.25) is 14.4 Å². The zero-order chi connectivity index (χ0) is 16.9. The number of carbonyl (C=O) groups is 3. The average molecular weight is 309 g/mol. The van der Waals surface area contributed by atoms with Gasteiger partial charge in [0.25, 0.3) is 0 Å². The van der Waals surface area contributed by atoms with Crippen molar-refractivity contribution in [3.63, 3.8) is 0 Å². The Labute approximate surface area is 135 Å². The summed E-state index contributed by atoms with van der Waals surface area (Å²) in [6.45, 7) is 5.72. The van der Waals surface area contributed by atoms with Crippen LogP contribution in [-0.4, -0.2) is 21.9 Å². The molecule has 1 heterocycles. The minimum absolute atomic E-state index is 0.0742. The van der Waals surface area contributed by atoms with Crippen LogP contribution in [-0.2, 0) is 7.05 Å². The van der Waals surface area contributed by atoms with Crippen LogP contribution in [0, 0.1) is 12.8 Å². The first-order valence-electron chi connectivity index (χ1n) is 7.75. The number of fused-ring (bicyclic) bond motifs is 2. The molecule has 1 aliphatic rings. The van der Waals surface area contributed by atoms with Gasteiger partial charge in [0.15, 0.2) is 11.6 Å². The largest absolute Gasteiger partial charge is 0.344 e. The quantitative estimate of drug-likeness (QED) is 0.697. The van der Waals surface area contributed by atoms with Crippen LogP contribution in [0.3, 0.4) is 0 Å². The van der Waals surface area contributed by atoms with E-state index >= 15 is 0 Å². The Bertz CT molecular complexity index is 856. The van der Waals surface area contributed by atoms with E-state index in [0.29, 0.717) is 34.5 Å². The third-order valence-electron chi connectivity index (χ3n) is 4.42. The van der Waals surface area contributed by atoms with E-state index in [1.54, 1.807) is 42.8 Å². The van der Waals surface area contributed by atoms with Crippen LogP contribution in [0.15, 0.2) is 24.3 Å². The summed E-state index contributed by atoms with van der Waals surface area (Å²) in [5, 5.41) is 0. The highest BCUT2D eigenvalue weighted by Crippen LogP contribution is 2.33. The maximum Gasteiger partial charge on any atom is 0.210 e. The van der Waals surface area contributed by atoms with E-state index in [1.165, 1.54) is 0 Å². The van der Waals surface area contributed by atoms with Gasteiger partial charge in [-0.25, -0.2) is 0 Å². The molecular weight excluding hydrogens is 290 g/mol. The van der Waals surface area contributed by atoms with Gasteiger partial charge in [-0.05, 0) is 12.8 Å². The molecule has 0 N–H and O–H groups in total. The fourth-order valence-electron chi connectivity index (χ4n) is 3.24. The fraction of sp³-hybridized carbons (Fsp3) is 0.316. The molecule has 4 heteroatoms. The maximum atomic E-state index is 12.9. The van der Waals surface area contributed by atoms with Gasteiger partial charge in [-0.2, -0.15) is 0 Å². The molecule has 1 aromatic heterocycles. The zero-order valence-electron chi connectivity index (χ0n) is 13.8.